The molecule has 2 rings (SSSR count). The Hall–Kier alpha value is -1.77. The molecular weight excluding hydrogens is 272 g/mol. The van der Waals surface area contributed by atoms with Crippen LogP contribution in [-0.2, 0) is 6.61 Å². The van der Waals surface area contributed by atoms with Crippen molar-refractivity contribution in [3.8, 4) is 17.6 Å². The molecular formula is C12H9ClN2O2S. The lowest BCUT2D eigenvalue weighted by Crippen LogP contribution is -1.94. The van der Waals surface area contributed by atoms with Gasteiger partial charge in [-0.3, -0.25) is 0 Å². The quantitative estimate of drug-likeness (QED) is 0.862. The maximum atomic E-state index is 8.88. The molecule has 0 saturated carbocycles. The van der Waals surface area contributed by atoms with Gasteiger partial charge in [0.2, 0.25) is 0 Å². The van der Waals surface area contributed by atoms with Crippen LogP contribution in [0.25, 0.3) is 0 Å². The first kappa shape index (κ1) is 12.7. The maximum absolute atomic E-state index is 8.88. The van der Waals surface area contributed by atoms with Gasteiger partial charge in [0.1, 0.15) is 18.1 Å². The van der Waals surface area contributed by atoms with Crippen LogP contribution < -0.4 is 9.47 Å². The van der Waals surface area contributed by atoms with Crippen molar-refractivity contribution < 1.29 is 9.47 Å². The Morgan fingerprint density at radius 2 is 2.17 bits per heavy atom. The Morgan fingerprint density at radius 3 is 2.78 bits per heavy atom. The van der Waals surface area contributed by atoms with Gasteiger partial charge in [-0.2, -0.15) is 5.26 Å². The molecule has 0 atom stereocenters. The Morgan fingerprint density at radius 1 is 1.39 bits per heavy atom. The third-order valence-electron chi connectivity index (χ3n) is 2.15. The molecule has 0 unspecified atom stereocenters. The summed E-state index contributed by atoms with van der Waals surface area (Å²) in [6, 6.07) is 7.09. The fourth-order valence-corrected chi connectivity index (χ4v) is 2.23. The van der Waals surface area contributed by atoms with Gasteiger partial charge in [0.25, 0.3) is 0 Å². The SMILES string of the molecule is COc1cc(C#N)cc(OCc2cnc(Cl)s2)c1. The molecule has 0 fully saturated rings. The van der Waals surface area contributed by atoms with Gasteiger partial charge in [-0.1, -0.05) is 11.6 Å². The average Bonchev–Trinajstić information content (AvgIpc) is 2.81. The predicted octanol–water partition coefficient (Wildman–Crippen LogP) is 3.26. The third-order valence-corrected chi connectivity index (χ3v) is 3.24. The van der Waals surface area contributed by atoms with Crippen molar-refractivity contribution in [2.75, 3.05) is 7.11 Å². The van der Waals surface area contributed by atoms with E-state index in [0.29, 0.717) is 28.1 Å². The van der Waals surface area contributed by atoms with E-state index in [-0.39, 0.29) is 0 Å². The zero-order chi connectivity index (χ0) is 13.0. The minimum Gasteiger partial charge on any atom is -0.497 e. The molecule has 0 spiro atoms. The number of nitriles is 1. The number of nitrogens with zero attached hydrogens (tertiary/aromatic N) is 2. The molecule has 18 heavy (non-hydrogen) atoms. The minimum atomic E-state index is 0.364. The lowest BCUT2D eigenvalue weighted by molar-refractivity contribution is 0.307. The highest BCUT2D eigenvalue weighted by Crippen LogP contribution is 2.24. The van der Waals surface area contributed by atoms with E-state index < -0.39 is 0 Å². The Bertz CT molecular complexity index is 592. The van der Waals surface area contributed by atoms with E-state index in [9.17, 15) is 0 Å². The van der Waals surface area contributed by atoms with Gasteiger partial charge in [-0.05, 0) is 12.1 Å². The van der Waals surface area contributed by atoms with Crippen LogP contribution in [0.3, 0.4) is 0 Å². The highest BCUT2D eigenvalue weighted by Gasteiger charge is 2.04. The van der Waals surface area contributed by atoms with Crippen LogP contribution in [0.2, 0.25) is 4.47 Å². The van der Waals surface area contributed by atoms with Gasteiger partial charge < -0.3 is 9.47 Å². The van der Waals surface area contributed by atoms with Crippen LogP contribution in [0.4, 0.5) is 0 Å². The normalized spacial score (nSPS) is 9.83. The number of benzene rings is 1. The van der Waals surface area contributed by atoms with Crippen molar-refractivity contribution in [3.05, 3.63) is 39.3 Å². The predicted molar refractivity (Wildman–Crippen MR) is 69.2 cm³/mol. The summed E-state index contributed by atoms with van der Waals surface area (Å²) < 4.78 is 11.1. The van der Waals surface area contributed by atoms with Crippen molar-refractivity contribution in [2.24, 2.45) is 0 Å². The second-order valence-electron chi connectivity index (χ2n) is 3.38. The molecule has 1 aromatic carbocycles. The Labute approximate surface area is 113 Å². The van der Waals surface area contributed by atoms with Crippen LogP contribution in [0.1, 0.15) is 10.4 Å². The molecule has 1 aromatic heterocycles. The van der Waals surface area contributed by atoms with E-state index in [1.807, 2.05) is 0 Å². The number of halogens is 1. The van der Waals surface area contributed by atoms with Crippen LogP contribution in [-0.4, -0.2) is 12.1 Å². The van der Waals surface area contributed by atoms with Crippen LogP contribution >= 0.6 is 22.9 Å². The number of hydrogen-bond donors (Lipinski definition) is 0. The van der Waals surface area contributed by atoms with E-state index in [1.54, 1.807) is 31.5 Å². The van der Waals surface area contributed by atoms with E-state index in [4.69, 9.17) is 26.3 Å². The van der Waals surface area contributed by atoms with Crippen molar-refractivity contribution in [2.45, 2.75) is 6.61 Å². The topological polar surface area (TPSA) is 55.1 Å². The fourth-order valence-electron chi connectivity index (χ4n) is 1.34. The standard InChI is InChI=1S/C12H9ClN2O2S/c1-16-9-2-8(5-14)3-10(4-9)17-7-11-6-15-12(13)18-11/h2-4,6H,7H2,1H3. The van der Waals surface area contributed by atoms with Crippen molar-refractivity contribution in [1.29, 1.82) is 5.26 Å². The minimum absolute atomic E-state index is 0.364. The lowest BCUT2D eigenvalue weighted by Gasteiger charge is -2.07. The van der Waals surface area contributed by atoms with Gasteiger partial charge in [-0.15, -0.1) is 11.3 Å². The van der Waals surface area contributed by atoms with Crippen LogP contribution in [0.5, 0.6) is 11.5 Å². The summed E-state index contributed by atoms with van der Waals surface area (Å²) in [6.07, 6.45) is 1.67. The molecule has 0 aliphatic heterocycles. The molecule has 6 heteroatoms. The zero-order valence-electron chi connectivity index (χ0n) is 9.51. The molecule has 0 amide bonds. The molecule has 0 bridgehead atoms. The summed E-state index contributed by atoms with van der Waals surface area (Å²) in [7, 11) is 1.54. The fraction of sp³-hybridized carbons (Fsp3) is 0.167. The molecule has 1 heterocycles. The van der Waals surface area contributed by atoms with Crippen molar-refractivity contribution in [3.63, 3.8) is 0 Å². The smallest absolute Gasteiger partial charge is 0.183 e. The zero-order valence-corrected chi connectivity index (χ0v) is 11.1. The van der Waals surface area contributed by atoms with Gasteiger partial charge in [0.05, 0.1) is 23.6 Å². The molecule has 0 saturated heterocycles. The Balaban J connectivity index is 2.11. The average molecular weight is 281 g/mol. The summed E-state index contributed by atoms with van der Waals surface area (Å²) in [4.78, 5) is 4.84. The summed E-state index contributed by atoms with van der Waals surface area (Å²) in [6.45, 7) is 0.364. The molecule has 0 N–H and O–H groups in total. The first-order valence-electron chi connectivity index (χ1n) is 5.03. The van der Waals surface area contributed by atoms with E-state index in [0.717, 1.165) is 4.88 Å². The molecule has 0 aliphatic carbocycles. The first-order valence-corrected chi connectivity index (χ1v) is 6.23. The van der Waals surface area contributed by atoms with Crippen molar-refractivity contribution >= 4 is 22.9 Å². The number of methoxy groups -OCH3 is 1. The summed E-state index contributed by atoms with van der Waals surface area (Å²) in [5, 5.41) is 8.88. The van der Waals surface area contributed by atoms with E-state index in [1.165, 1.54) is 11.3 Å². The number of hydrogen-bond acceptors (Lipinski definition) is 5. The number of thiazole rings is 1. The Kier molecular flexibility index (Phi) is 4.03. The monoisotopic (exact) mass is 280 g/mol. The highest BCUT2D eigenvalue weighted by atomic mass is 35.5. The first-order chi connectivity index (χ1) is 8.71. The van der Waals surface area contributed by atoms with Crippen molar-refractivity contribution in [1.82, 2.24) is 4.98 Å². The van der Waals surface area contributed by atoms with E-state index in [2.05, 4.69) is 11.1 Å². The van der Waals surface area contributed by atoms with Gasteiger partial charge in [-0.25, -0.2) is 4.98 Å². The van der Waals surface area contributed by atoms with Gasteiger partial charge in [0, 0.05) is 12.3 Å². The largest absolute Gasteiger partial charge is 0.497 e. The maximum Gasteiger partial charge on any atom is 0.183 e. The summed E-state index contributed by atoms with van der Waals surface area (Å²) in [5.41, 5.74) is 0.492. The molecule has 4 nitrogen and oxygen atoms in total. The number of rotatable bonds is 4. The molecule has 2 aromatic rings. The number of aromatic nitrogens is 1. The second kappa shape index (κ2) is 5.71. The van der Waals surface area contributed by atoms with Gasteiger partial charge >= 0.3 is 0 Å². The molecule has 0 aliphatic rings. The molecule has 92 valence electrons. The third kappa shape index (κ3) is 3.13. The lowest BCUT2D eigenvalue weighted by atomic mass is 10.2. The van der Waals surface area contributed by atoms with E-state index >= 15 is 0 Å². The van der Waals surface area contributed by atoms with Gasteiger partial charge in [0.15, 0.2) is 4.47 Å². The summed E-state index contributed by atoms with van der Waals surface area (Å²) >= 11 is 7.09. The number of ether oxygens (including phenoxy) is 2. The summed E-state index contributed by atoms with van der Waals surface area (Å²) in [5.74, 6) is 1.17. The van der Waals surface area contributed by atoms with Crippen LogP contribution in [0, 0.1) is 11.3 Å². The second-order valence-corrected chi connectivity index (χ2v) is 5.07. The van der Waals surface area contributed by atoms with Crippen LogP contribution in [0.15, 0.2) is 24.4 Å². The molecule has 0 radical (unpaired) electrons. The highest BCUT2D eigenvalue weighted by molar-refractivity contribution is 7.15.